The molecule has 8 nitrogen and oxygen atoms in total. The summed E-state index contributed by atoms with van der Waals surface area (Å²) in [6.45, 7) is 1.60. The first-order valence-corrected chi connectivity index (χ1v) is 10.3. The molecular formula is C22H23N7O. The number of anilines is 3. The number of pyridine rings is 2. The average molecular weight is 401 g/mol. The van der Waals surface area contributed by atoms with Crippen molar-refractivity contribution in [1.82, 2.24) is 25.3 Å². The van der Waals surface area contributed by atoms with Gasteiger partial charge in [0.25, 0.3) is 5.91 Å². The van der Waals surface area contributed by atoms with E-state index < -0.39 is 0 Å². The highest BCUT2D eigenvalue weighted by Crippen LogP contribution is 2.39. The van der Waals surface area contributed by atoms with Gasteiger partial charge in [-0.05, 0) is 43.5 Å². The summed E-state index contributed by atoms with van der Waals surface area (Å²) in [5.74, 6) is 1.25. The highest BCUT2D eigenvalue weighted by atomic mass is 16.2. The molecule has 1 amide bonds. The maximum absolute atomic E-state index is 13.2. The van der Waals surface area contributed by atoms with Gasteiger partial charge in [0, 0.05) is 36.9 Å². The number of carbonyl (C=O) groups excluding carboxylic acids is 1. The molecule has 2 aliphatic rings. The summed E-state index contributed by atoms with van der Waals surface area (Å²) in [7, 11) is 0. The van der Waals surface area contributed by atoms with Gasteiger partial charge in [-0.15, -0.1) is 0 Å². The Morgan fingerprint density at radius 3 is 2.70 bits per heavy atom. The SMILES string of the molecule is O=C(N[C@@H]1CCN(c2ccccn2)C1)c1nc(C2CC2)ccc1Nc1cncnc1. The maximum atomic E-state index is 13.2. The van der Waals surface area contributed by atoms with Gasteiger partial charge < -0.3 is 15.5 Å². The maximum Gasteiger partial charge on any atom is 0.272 e. The Balaban J connectivity index is 1.33. The molecule has 0 unspecified atom stereocenters. The standard InChI is InChI=1S/C22H23N7O/c30-22(27-16-8-10-29(13-16)20-3-1-2-9-25-20)21-19(26-17-11-23-14-24-12-17)7-6-18(28-21)15-4-5-15/h1-3,6-7,9,11-12,14-16,26H,4-5,8,10,13H2,(H,27,30)/t16-/m1/s1. The Morgan fingerprint density at radius 1 is 1.07 bits per heavy atom. The third-order valence-electron chi connectivity index (χ3n) is 5.46. The lowest BCUT2D eigenvalue weighted by molar-refractivity contribution is 0.0936. The molecule has 4 heterocycles. The molecular weight excluding hydrogens is 378 g/mol. The highest BCUT2D eigenvalue weighted by molar-refractivity contribution is 5.98. The zero-order valence-electron chi connectivity index (χ0n) is 16.5. The minimum atomic E-state index is -0.162. The summed E-state index contributed by atoms with van der Waals surface area (Å²) in [5.41, 5.74) is 2.78. The van der Waals surface area contributed by atoms with Gasteiger partial charge in [0.15, 0.2) is 5.69 Å². The van der Waals surface area contributed by atoms with E-state index in [1.165, 1.54) is 6.33 Å². The lowest BCUT2D eigenvalue weighted by atomic mass is 10.2. The Kier molecular flexibility index (Phi) is 4.96. The van der Waals surface area contributed by atoms with Gasteiger partial charge in [-0.1, -0.05) is 6.07 Å². The van der Waals surface area contributed by atoms with Crippen LogP contribution in [0.5, 0.6) is 0 Å². The molecule has 2 fully saturated rings. The lowest BCUT2D eigenvalue weighted by Gasteiger charge is -2.18. The average Bonchev–Trinajstić information content (AvgIpc) is 3.54. The van der Waals surface area contributed by atoms with Crippen molar-refractivity contribution < 1.29 is 4.79 Å². The van der Waals surface area contributed by atoms with E-state index in [0.717, 1.165) is 49.6 Å². The summed E-state index contributed by atoms with van der Waals surface area (Å²) in [5, 5.41) is 6.40. The first-order valence-electron chi connectivity index (χ1n) is 10.3. The number of hydrogen-bond donors (Lipinski definition) is 2. The molecule has 0 spiro atoms. The second kappa shape index (κ2) is 8.06. The van der Waals surface area contributed by atoms with Crippen LogP contribution in [0.15, 0.2) is 55.2 Å². The highest BCUT2D eigenvalue weighted by Gasteiger charge is 2.29. The van der Waals surface area contributed by atoms with Crippen molar-refractivity contribution in [3.05, 3.63) is 66.6 Å². The van der Waals surface area contributed by atoms with E-state index in [-0.39, 0.29) is 11.9 Å². The minimum absolute atomic E-state index is 0.0544. The van der Waals surface area contributed by atoms with Gasteiger partial charge in [-0.25, -0.2) is 19.9 Å². The van der Waals surface area contributed by atoms with Gasteiger partial charge >= 0.3 is 0 Å². The fourth-order valence-electron chi connectivity index (χ4n) is 3.75. The molecule has 152 valence electrons. The van der Waals surface area contributed by atoms with Crippen molar-refractivity contribution in [2.75, 3.05) is 23.3 Å². The van der Waals surface area contributed by atoms with E-state index in [1.807, 2.05) is 30.3 Å². The predicted molar refractivity (Wildman–Crippen MR) is 114 cm³/mol. The molecule has 3 aromatic heterocycles. The van der Waals surface area contributed by atoms with Crippen molar-refractivity contribution in [3.8, 4) is 0 Å². The van der Waals surface area contributed by atoms with Crippen LogP contribution in [-0.2, 0) is 0 Å². The van der Waals surface area contributed by atoms with Crippen LogP contribution in [-0.4, -0.2) is 45.0 Å². The molecule has 5 rings (SSSR count). The van der Waals surface area contributed by atoms with Crippen LogP contribution in [0.25, 0.3) is 0 Å². The van der Waals surface area contributed by atoms with Crippen molar-refractivity contribution in [3.63, 3.8) is 0 Å². The molecule has 8 heteroatoms. The Labute approximate surface area is 174 Å². The summed E-state index contributed by atoms with van der Waals surface area (Å²) >= 11 is 0. The van der Waals surface area contributed by atoms with Crippen LogP contribution in [0.1, 0.15) is 41.4 Å². The molecule has 30 heavy (non-hydrogen) atoms. The molecule has 1 saturated carbocycles. The third kappa shape index (κ3) is 4.07. The fourth-order valence-corrected chi connectivity index (χ4v) is 3.75. The number of nitrogens with zero attached hydrogens (tertiary/aromatic N) is 5. The number of aromatic nitrogens is 4. The molecule has 3 aromatic rings. The van der Waals surface area contributed by atoms with Crippen LogP contribution in [0, 0.1) is 0 Å². The second-order valence-corrected chi connectivity index (χ2v) is 7.75. The first kappa shape index (κ1) is 18.5. The monoisotopic (exact) mass is 401 g/mol. The van der Waals surface area contributed by atoms with E-state index in [4.69, 9.17) is 4.98 Å². The van der Waals surface area contributed by atoms with E-state index in [0.29, 0.717) is 17.3 Å². The molecule has 1 aliphatic heterocycles. The number of hydrogen-bond acceptors (Lipinski definition) is 7. The smallest absolute Gasteiger partial charge is 0.272 e. The topological polar surface area (TPSA) is 95.9 Å². The van der Waals surface area contributed by atoms with Crippen molar-refractivity contribution in [2.45, 2.75) is 31.2 Å². The molecule has 2 N–H and O–H groups in total. The molecule has 1 aliphatic carbocycles. The quantitative estimate of drug-likeness (QED) is 0.656. The minimum Gasteiger partial charge on any atom is -0.354 e. The third-order valence-corrected chi connectivity index (χ3v) is 5.46. The predicted octanol–water partition coefficient (Wildman–Crippen LogP) is 2.90. The van der Waals surface area contributed by atoms with E-state index in [2.05, 4.69) is 30.5 Å². The number of nitrogens with one attached hydrogen (secondary N) is 2. The van der Waals surface area contributed by atoms with E-state index in [1.54, 1.807) is 18.6 Å². The van der Waals surface area contributed by atoms with Gasteiger partial charge in [-0.3, -0.25) is 4.79 Å². The van der Waals surface area contributed by atoms with Gasteiger partial charge in [0.2, 0.25) is 0 Å². The molecule has 0 aromatic carbocycles. The molecule has 1 saturated heterocycles. The lowest BCUT2D eigenvalue weighted by Crippen LogP contribution is -2.38. The van der Waals surface area contributed by atoms with Crippen LogP contribution < -0.4 is 15.5 Å². The summed E-state index contributed by atoms with van der Waals surface area (Å²) < 4.78 is 0. The van der Waals surface area contributed by atoms with Gasteiger partial charge in [0.05, 0.1) is 23.8 Å². The molecule has 0 radical (unpaired) electrons. The summed E-state index contributed by atoms with van der Waals surface area (Å²) in [6, 6.07) is 9.86. The van der Waals surface area contributed by atoms with Crippen molar-refractivity contribution in [1.29, 1.82) is 0 Å². The fraction of sp³-hybridized carbons (Fsp3) is 0.318. The van der Waals surface area contributed by atoms with Gasteiger partial charge in [-0.2, -0.15) is 0 Å². The molecule has 1 atom stereocenters. The van der Waals surface area contributed by atoms with Crippen LogP contribution in [0.2, 0.25) is 0 Å². The van der Waals surface area contributed by atoms with Crippen molar-refractivity contribution in [2.24, 2.45) is 0 Å². The van der Waals surface area contributed by atoms with Gasteiger partial charge in [0.1, 0.15) is 12.1 Å². The number of rotatable bonds is 6. The zero-order chi connectivity index (χ0) is 20.3. The van der Waals surface area contributed by atoms with Crippen LogP contribution >= 0.6 is 0 Å². The Morgan fingerprint density at radius 2 is 1.93 bits per heavy atom. The second-order valence-electron chi connectivity index (χ2n) is 7.75. The number of amides is 1. The normalized spacial score (nSPS) is 18.3. The Hall–Kier alpha value is -3.55. The zero-order valence-corrected chi connectivity index (χ0v) is 16.5. The van der Waals surface area contributed by atoms with Crippen LogP contribution in [0.4, 0.5) is 17.2 Å². The van der Waals surface area contributed by atoms with E-state index >= 15 is 0 Å². The first-order chi connectivity index (χ1) is 14.8. The largest absolute Gasteiger partial charge is 0.354 e. The number of carbonyl (C=O) groups is 1. The van der Waals surface area contributed by atoms with Crippen molar-refractivity contribution >= 4 is 23.1 Å². The summed E-state index contributed by atoms with van der Waals surface area (Å²) in [4.78, 5) is 32.5. The summed E-state index contributed by atoms with van der Waals surface area (Å²) in [6.07, 6.45) is 9.75. The van der Waals surface area contributed by atoms with Crippen LogP contribution in [0.3, 0.4) is 0 Å². The van der Waals surface area contributed by atoms with E-state index in [9.17, 15) is 4.79 Å². The molecule has 0 bridgehead atoms. The Bertz CT molecular complexity index is 1020.